The first-order chi connectivity index (χ1) is 16.8. The van der Waals surface area contributed by atoms with Crippen molar-refractivity contribution >= 4 is 10.4 Å². The van der Waals surface area contributed by atoms with E-state index in [1.54, 1.807) is 11.6 Å². The first-order valence-electron chi connectivity index (χ1n) is 12.5. The number of hydrogen-bond donors (Lipinski definition) is 2. The van der Waals surface area contributed by atoms with Crippen LogP contribution in [0.4, 0.5) is 0 Å². The Kier molecular flexibility index (Phi) is 6.63. The quantitative estimate of drug-likeness (QED) is 0.496. The smallest absolute Gasteiger partial charge is 0.315 e. The summed E-state index contributed by atoms with van der Waals surface area (Å²) in [7, 11) is -4.67. The molecular formula is C26H36N4O4S+2. The molecule has 35 heavy (non-hydrogen) atoms. The molecular weight excluding hydrogens is 464 g/mol. The third-order valence-corrected chi connectivity index (χ3v) is 7.98. The third kappa shape index (κ3) is 5.10. The number of nitrogens with zero attached hydrogens (tertiary/aromatic N) is 4. The summed E-state index contributed by atoms with van der Waals surface area (Å²) in [6.07, 6.45) is 2.64. The Morgan fingerprint density at radius 2 is 1.00 bits per heavy atom. The molecule has 0 aliphatic carbocycles. The van der Waals surface area contributed by atoms with Gasteiger partial charge in [-0.15, -0.1) is 0 Å². The fourth-order valence-electron chi connectivity index (χ4n) is 6.69. The lowest BCUT2D eigenvalue weighted by Crippen LogP contribution is -2.72. The van der Waals surface area contributed by atoms with Crippen LogP contribution in [0.1, 0.15) is 24.0 Å². The van der Waals surface area contributed by atoms with Gasteiger partial charge in [-0.1, -0.05) is 60.7 Å². The lowest BCUT2D eigenvalue weighted by Gasteiger charge is -2.59. The highest BCUT2D eigenvalue weighted by Gasteiger charge is 2.57. The summed E-state index contributed by atoms with van der Waals surface area (Å²) in [4.78, 5) is 5.56. The predicted molar refractivity (Wildman–Crippen MR) is 134 cm³/mol. The molecule has 2 atom stereocenters. The van der Waals surface area contributed by atoms with E-state index in [-0.39, 0.29) is 0 Å². The summed E-state index contributed by atoms with van der Waals surface area (Å²) in [5, 5.41) is 0. The molecule has 4 aliphatic rings. The Morgan fingerprint density at radius 1 is 0.629 bits per heavy atom. The lowest BCUT2D eigenvalue weighted by molar-refractivity contribution is -0.967. The van der Waals surface area contributed by atoms with Crippen molar-refractivity contribution in [3.8, 4) is 0 Å². The molecule has 2 aromatic rings. The third-order valence-electron chi connectivity index (χ3n) is 7.98. The van der Waals surface area contributed by atoms with Crippen molar-refractivity contribution in [3.63, 3.8) is 0 Å². The van der Waals surface area contributed by atoms with Gasteiger partial charge in [-0.3, -0.25) is 18.1 Å². The van der Waals surface area contributed by atoms with E-state index in [1.165, 1.54) is 85.3 Å². The molecule has 0 bridgehead atoms. The molecule has 9 heteroatoms. The van der Waals surface area contributed by atoms with Gasteiger partial charge >= 0.3 is 10.4 Å². The van der Waals surface area contributed by atoms with Crippen molar-refractivity contribution in [2.45, 2.75) is 25.9 Å². The molecule has 2 unspecified atom stereocenters. The van der Waals surface area contributed by atoms with Crippen LogP contribution in [0, 0.1) is 0 Å². The normalized spacial score (nSPS) is 27.6. The maximum Gasteiger partial charge on any atom is 0.394 e. The number of hydrogen-bond acceptors (Lipinski definition) is 4. The summed E-state index contributed by atoms with van der Waals surface area (Å²) in [6, 6.07) is 22.5. The van der Waals surface area contributed by atoms with Crippen LogP contribution in [-0.4, -0.2) is 88.6 Å². The summed E-state index contributed by atoms with van der Waals surface area (Å²) < 4.78 is 33.9. The summed E-state index contributed by atoms with van der Waals surface area (Å²) in [5.74, 6) is 3.36. The molecule has 0 aromatic heterocycles. The van der Waals surface area contributed by atoms with E-state index in [0.29, 0.717) is 0 Å². The van der Waals surface area contributed by atoms with Gasteiger partial charge in [0.2, 0.25) is 0 Å². The van der Waals surface area contributed by atoms with E-state index in [1.807, 2.05) is 0 Å². The maximum atomic E-state index is 8.74. The van der Waals surface area contributed by atoms with Crippen LogP contribution >= 0.6 is 0 Å². The molecule has 2 N–H and O–H groups in total. The largest absolute Gasteiger partial charge is 0.394 e. The molecule has 2 fully saturated rings. The molecule has 0 radical (unpaired) electrons. The average Bonchev–Trinajstić information content (AvgIpc) is 2.83. The molecule has 2 saturated heterocycles. The number of rotatable bonds is 4. The van der Waals surface area contributed by atoms with Crippen molar-refractivity contribution in [1.29, 1.82) is 0 Å². The zero-order valence-electron chi connectivity index (χ0n) is 20.2. The molecule has 6 rings (SSSR count). The second-order valence-corrected chi connectivity index (χ2v) is 11.1. The zero-order valence-corrected chi connectivity index (χ0v) is 21.0. The van der Waals surface area contributed by atoms with Crippen molar-refractivity contribution in [2.75, 3.05) is 52.4 Å². The van der Waals surface area contributed by atoms with Gasteiger partial charge in [0.15, 0.2) is 0 Å². The van der Waals surface area contributed by atoms with Gasteiger partial charge in [-0.05, 0) is 0 Å². The van der Waals surface area contributed by atoms with Crippen LogP contribution in [0.5, 0.6) is 0 Å². The summed E-state index contributed by atoms with van der Waals surface area (Å²) in [6.45, 7) is 12.3. The Balaban J connectivity index is 0.000000464. The van der Waals surface area contributed by atoms with Gasteiger partial charge in [-0.2, -0.15) is 8.42 Å². The minimum Gasteiger partial charge on any atom is -0.315 e. The van der Waals surface area contributed by atoms with Gasteiger partial charge in [0.1, 0.15) is 26.2 Å². The van der Waals surface area contributed by atoms with Crippen molar-refractivity contribution in [3.05, 3.63) is 83.4 Å². The zero-order chi connectivity index (χ0) is 24.5. The van der Waals surface area contributed by atoms with Gasteiger partial charge in [0.05, 0.1) is 26.2 Å². The number of benzene rings is 2. The lowest BCUT2D eigenvalue weighted by atomic mass is 10.00. The minimum absolute atomic E-state index is 1.15. The molecule has 4 aliphatic heterocycles. The Hall–Kier alpha value is -2.43. The topological polar surface area (TPSA) is 81.1 Å². The molecule has 8 nitrogen and oxygen atoms in total. The first kappa shape index (κ1) is 24.3. The minimum atomic E-state index is -4.67. The highest BCUT2D eigenvalue weighted by molar-refractivity contribution is 7.79. The van der Waals surface area contributed by atoms with Crippen molar-refractivity contribution < 1.29 is 26.5 Å². The fraction of sp³-hybridized carbons (Fsp3) is 0.462. The van der Waals surface area contributed by atoms with Crippen LogP contribution in [0.25, 0.3) is 0 Å². The molecule has 0 amide bonds. The fourth-order valence-corrected chi connectivity index (χ4v) is 6.69. The number of quaternary nitrogens is 2. The molecule has 0 spiro atoms. The Morgan fingerprint density at radius 3 is 1.37 bits per heavy atom. The van der Waals surface area contributed by atoms with E-state index in [4.69, 9.17) is 17.5 Å². The SMILES string of the molecule is O=S(=O)(O)O.c1ccc(C[N+]23CCCN4CC[N+]5(Cc6ccccc6)CCCN(CC2)C5=C43)cc1. The van der Waals surface area contributed by atoms with Crippen LogP contribution < -0.4 is 0 Å². The van der Waals surface area contributed by atoms with Crippen LogP contribution in [0.3, 0.4) is 0 Å². The van der Waals surface area contributed by atoms with E-state index in [0.717, 1.165) is 13.1 Å². The van der Waals surface area contributed by atoms with Crippen molar-refractivity contribution in [1.82, 2.24) is 9.80 Å². The standard InChI is InChI=1S/C26H34N4.H2O4S/c1-3-9-23(10-4-1)21-29-17-7-13-27-16-20-30(22-24-11-5-2-6-12-24)18-8-14-28(15-19-29)26(30)25(27)29;1-5(2,3)4/h1-6,9-12H,7-8,13-22H2;(H2,1,2,3,4)/q+2;. The summed E-state index contributed by atoms with van der Waals surface area (Å²) in [5.41, 5.74) is 2.98. The predicted octanol–water partition coefficient (Wildman–Crippen LogP) is 2.93. The molecule has 188 valence electrons. The van der Waals surface area contributed by atoms with E-state index in [9.17, 15) is 0 Å². The van der Waals surface area contributed by atoms with Gasteiger partial charge in [-0.25, -0.2) is 0 Å². The van der Waals surface area contributed by atoms with Crippen LogP contribution in [0.2, 0.25) is 0 Å². The van der Waals surface area contributed by atoms with Crippen LogP contribution in [-0.2, 0) is 23.5 Å². The van der Waals surface area contributed by atoms with Crippen LogP contribution in [0.15, 0.2) is 72.3 Å². The van der Waals surface area contributed by atoms with E-state index in [2.05, 4.69) is 70.5 Å². The molecule has 2 aromatic carbocycles. The van der Waals surface area contributed by atoms with Gasteiger partial charge in [0, 0.05) is 37.1 Å². The average molecular weight is 501 g/mol. The maximum absolute atomic E-state index is 8.74. The van der Waals surface area contributed by atoms with Crippen molar-refractivity contribution in [2.24, 2.45) is 0 Å². The first-order valence-corrected chi connectivity index (χ1v) is 13.9. The highest BCUT2D eigenvalue weighted by Crippen LogP contribution is 2.45. The molecule has 4 heterocycles. The second-order valence-electron chi connectivity index (χ2n) is 10.2. The Bertz CT molecular complexity index is 1090. The van der Waals surface area contributed by atoms with Gasteiger partial charge in [0.25, 0.3) is 11.6 Å². The van der Waals surface area contributed by atoms with Gasteiger partial charge < -0.3 is 9.80 Å². The summed E-state index contributed by atoms with van der Waals surface area (Å²) >= 11 is 0. The Labute approximate surface area is 208 Å². The molecule has 0 saturated carbocycles. The van der Waals surface area contributed by atoms with E-state index < -0.39 is 10.4 Å². The monoisotopic (exact) mass is 500 g/mol. The second kappa shape index (κ2) is 9.55. The van der Waals surface area contributed by atoms with E-state index >= 15 is 0 Å². The highest BCUT2D eigenvalue weighted by atomic mass is 32.3.